The summed E-state index contributed by atoms with van der Waals surface area (Å²) >= 11 is 0. The summed E-state index contributed by atoms with van der Waals surface area (Å²) in [6.45, 7) is 2.12. The lowest BCUT2D eigenvalue weighted by Gasteiger charge is -2.18. The van der Waals surface area contributed by atoms with Crippen molar-refractivity contribution in [3.63, 3.8) is 0 Å². The molecule has 3 rings (SSSR count). The van der Waals surface area contributed by atoms with Crippen LogP contribution in [-0.2, 0) is 33.3 Å². The molecule has 3 atom stereocenters. The maximum absolute atomic E-state index is 12.7. The summed E-state index contributed by atoms with van der Waals surface area (Å²) in [4.78, 5) is 74.4. The van der Waals surface area contributed by atoms with Gasteiger partial charge in [-0.05, 0) is 6.07 Å². The van der Waals surface area contributed by atoms with Crippen molar-refractivity contribution in [1.82, 2.24) is 19.7 Å². The first-order valence-corrected chi connectivity index (χ1v) is 10.4. The first-order chi connectivity index (χ1) is 17.0. The summed E-state index contributed by atoms with van der Waals surface area (Å²) in [5.74, 6) is -3.05. The van der Waals surface area contributed by atoms with Gasteiger partial charge in [0.15, 0.2) is 11.4 Å². The van der Waals surface area contributed by atoms with Gasteiger partial charge in [-0.2, -0.15) is 0 Å². The number of aromatic nitrogens is 4. The Bertz CT molecular complexity index is 1320. The van der Waals surface area contributed by atoms with Gasteiger partial charge in [-0.3, -0.25) is 23.9 Å². The van der Waals surface area contributed by atoms with E-state index >= 15 is 0 Å². The summed E-state index contributed by atoms with van der Waals surface area (Å²) in [6, 6.07) is 1.09. The number of rotatable bonds is 7. The maximum Gasteiger partial charge on any atom is 0.359 e. The summed E-state index contributed by atoms with van der Waals surface area (Å²) in [5, 5.41) is 7.29. The molecule has 0 unspecified atom stereocenters. The van der Waals surface area contributed by atoms with Crippen molar-refractivity contribution in [3.8, 4) is 11.1 Å². The number of carbonyl (C=O) groups is 4. The predicted octanol–water partition coefficient (Wildman–Crippen LogP) is -0.651. The summed E-state index contributed by atoms with van der Waals surface area (Å²) in [7, 11) is 2.19. The van der Waals surface area contributed by atoms with Gasteiger partial charge in [-0.25, -0.2) is 14.4 Å². The van der Waals surface area contributed by atoms with E-state index in [1.165, 1.54) is 13.8 Å². The van der Waals surface area contributed by atoms with Gasteiger partial charge in [0, 0.05) is 32.0 Å². The van der Waals surface area contributed by atoms with E-state index in [9.17, 15) is 28.8 Å². The number of nitrogens with zero attached hydrogens (tertiary/aromatic N) is 3. The second-order valence-electron chi connectivity index (χ2n) is 7.50. The molecule has 1 N–H and O–H groups in total. The highest BCUT2D eigenvalue weighted by Gasteiger charge is 2.40. The molecule has 3 heterocycles. The van der Waals surface area contributed by atoms with Gasteiger partial charge in [0.25, 0.3) is 5.56 Å². The molecule has 2 aromatic heterocycles. The Morgan fingerprint density at radius 3 is 2.36 bits per heavy atom. The van der Waals surface area contributed by atoms with Crippen LogP contribution in [0.2, 0.25) is 0 Å². The van der Waals surface area contributed by atoms with Gasteiger partial charge in [0.1, 0.15) is 25.0 Å². The van der Waals surface area contributed by atoms with Gasteiger partial charge in [-0.15, -0.1) is 10.2 Å². The van der Waals surface area contributed by atoms with Crippen LogP contribution >= 0.6 is 0 Å². The van der Waals surface area contributed by atoms with Crippen LogP contribution in [0, 0.1) is 0 Å². The Kier molecular flexibility index (Phi) is 7.93. The molecular formula is C21H22N4O11. The zero-order chi connectivity index (χ0) is 26.6. The quantitative estimate of drug-likeness (QED) is 0.368. The number of H-pyrrole nitrogens is 1. The molecule has 1 saturated heterocycles. The third-order valence-corrected chi connectivity index (χ3v) is 5.08. The molecule has 0 spiro atoms. The fourth-order valence-electron chi connectivity index (χ4n) is 3.50. The van der Waals surface area contributed by atoms with Crippen LogP contribution in [0.1, 0.15) is 47.5 Å². The van der Waals surface area contributed by atoms with Crippen molar-refractivity contribution in [2.45, 2.75) is 38.7 Å². The number of nitrogens with one attached hydrogen (secondary N) is 1. The maximum atomic E-state index is 12.7. The van der Waals surface area contributed by atoms with E-state index in [0.29, 0.717) is 0 Å². The number of carbonyl (C=O) groups excluding carboxylic acids is 4. The Balaban J connectivity index is 2.09. The molecule has 15 heteroatoms. The number of methoxy groups -OCH3 is 2. The second-order valence-corrected chi connectivity index (χ2v) is 7.50. The standard InChI is InChI=1S/C21H22N4O11/c1-9(26)34-8-15-14(35-10(2)27)6-16(36-15)25-7-12(18(28)22-21(25)31)11-5-13(19(29)32-3)23-24-17(11)20(30)33-4/h5,7,14-16H,6,8H2,1-4H3,(H,22,28,31)/t14-,15+,16+/m0/s1. The van der Waals surface area contributed by atoms with E-state index in [1.54, 1.807) is 0 Å². The van der Waals surface area contributed by atoms with Crippen LogP contribution in [0.5, 0.6) is 0 Å². The van der Waals surface area contributed by atoms with Crippen molar-refractivity contribution in [3.05, 3.63) is 44.5 Å². The van der Waals surface area contributed by atoms with Gasteiger partial charge in [0.05, 0.1) is 19.8 Å². The molecule has 0 bridgehead atoms. The molecule has 2 aromatic rings. The van der Waals surface area contributed by atoms with Crippen LogP contribution in [-0.4, -0.2) is 76.7 Å². The van der Waals surface area contributed by atoms with Crippen molar-refractivity contribution in [1.29, 1.82) is 0 Å². The molecule has 1 aliphatic heterocycles. The minimum Gasteiger partial charge on any atom is -0.464 e. The molecule has 36 heavy (non-hydrogen) atoms. The lowest BCUT2D eigenvalue weighted by atomic mass is 10.1. The Hall–Kier alpha value is -4.40. The fourth-order valence-corrected chi connectivity index (χ4v) is 3.50. The molecule has 192 valence electrons. The Morgan fingerprint density at radius 1 is 1.06 bits per heavy atom. The van der Waals surface area contributed by atoms with Gasteiger partial charge in [0.2, 0.25) is 0 Å². The van der Waals surface area contributed by atoms with E-state index in [1.807, 2.05) is 0 Å². The third-order valence-electron chi connectivity index (χ3n) is 5.08. The summed E-state index contributed by atoms with van der Waals surface area (Å²) in [5.41, 5.74) is -2.91. The van der Waals surface area contributed by atoms with E-state index in [-0.39, 0.29) is 29.8 Å². The molecule has 0 radical (unpaired) electrons. The zero-order valence-electron chi connectivity index (χ0n) is 19.6. The van der Waals surface area contributed by atoms with Crippen LogP contribution < -0.4 is 11.2 Å². The predicted molar refractivity (Wildman–Crippen MR) is 116 cm³/mol. The first-order valence-electron chi connectivity index (χ1n) is 10.4. The van der Waals surface area contributed by atoms with Crippen LogP contribution in [0.15, 0.2) is 21.9 Å². The number of hydrogen-bond acceptors (Lipinski definition) is 13. The van der Waals surface area contributed by atoms with E-state index < -0.39 is 59.3 Å². The molecule has 1 aliphatic rings. The van der Waals surface area contributed by atoms with Gasteiger partial charge < -0.3 is 23.7 Å². The average Bonchev–Trinajstić information content (AvgIpc) is 3.22. The number of esters is 4. The topological polar surface area (TPSA) is 195 Å². The minimum absolute atomic E-state index is 0.0250. The molecule has 0 aromatic carbocycles. The van der Waals surface area contributed by atoms with E-state index in [0.717, 1.165) is 31.0 Å². The van der Waals surface area contributed by atoms with Crippen molar-refractivity contribution < 1.29 is 42.9 Å². The second kappa shape index (κ2) is 10.9. The largest absolute Gasteiger partial charge is 0.464 e. The van der Waals surface area contributed by atoms with Crippen LogP contribution in [0.4, 0.5) is 0 Å². The highest BCUT2D eigenvalue weighted by atomic mass is 16.6. The number of aromatic amines is 1. The summed E-state index contributed by atoms with van der Waals surface area (Å²) in [6.07, 6.45) is -1.76. The normalized spacial score (nSPS) is 18.8. The average molecular weight is 506 g/mol. The minimum atomic E-state index is -1.06. The lowest BCUT2D eigenvalue weighted by Crippen LogP contribution is -2.33. The lowest BCUT2D eigenvalue weighted by molar-refractivity contribution is -0.155. The molecule has 0 aliphatic carbocycles. The van der Waals surface area contributed by atoms with Gasteiger partial charge >= 0.3 is 29.6 Å². The van der Waals surface area contributed by atoms with E-state index in [2.05, 4.69) is 24.7 Å². The third kappa shape index (κ3) is 5.63. The molecule has 1 fully saturated rings. The van der Waals surface area contributed by atoms with E-state index in [4.69, 9.17) is 14.2 Å². The Morgan fingerprint density at radius 2 is 1.75 bits per heavy atom. The molecule has 0 amide bonds. The van der Waals surface area contributed by atoms with Crippen molar-refractivity contribution in [2.24, 2.45) is 0 Å². The molecular weight excluding hydrogens is 484 g/mol. The highest BCUT2D eigenvalue weighted by molar-refractivity contribution is 5.97. The highest BCUT2D eigenvalue weighted by Crippen LogP contribution is 2.31. The van der Waals surface area contributed by atoms with Crippen molar-refractivity contribution in [2.75, 3.05) is 20.8 Å². The molecule has 15 nitrogen and oxygen atoms in total. The van der Waals surface area contributed by atoms with Gasteiger partial charge in [-0.1, -0.05) is 0 Å². The number of ether oxygens (including phenoxy) is 5. The zero-order valence-corrected chi connectivity index (χ0v) is 19.6. The Labute approximate surface area is 202 Å². The SMILES string of the molecule is COC(=O)c1cc(-c2cn([C@H]3C[C@H](OC(C)=O)[C@@H](COC(C)=O)O3)c(=O)[nH]c2=O)c(C(=O)OC)nn1. The smallest absolute Gasteiger partial charge is 0.359 e. The fraction of sp³-hybridized carbons (Fsp3) is 0.429. The number of hydrogen-bond donors (Lipinski definition) is 1. The summed E-state index contributed by atoms with van der Waals surface area (Å²) < 4.78 is 26.3. The monoisotopic (exact) mass is 506 g/mol. The van der Waals surface area contributed by atoms with Crippen LogP contribution in [0.25, 0.3) is 11.1 Å². The van der Waals surface area contributed by atoms with Crippen LogP contribution in [0.3, 0.4) is 0 Å². The molecule has 0 saturated carbocycles. The van der Waals surface area contributed by atoms with Crippen molar-refractivity contribution >= 4 is 23.9 Å². The first kappa shape index (κ1) is 26.2.